The van der Waals surface area contributed by atoms with Gasteiger partial charge in [-0.05, 0) is 37.8 Å². The van der Waals surface area contributed by atoms with Gasteiger partial charge in [-0.3, -0.25) is 9.59 Å². The maximum atomic E-state index is 13.5. The number of amides is 2. The number of quaternary nitrogens is 1. The second-order valence-corrected chi connectivity index (χ2v) is 6.28. The van der Waals surface area contributed by atoms with Gasteiger partial charge in [0.1, 0.15) is 0 Å². The van der Waals surface area contributed by atoms with E-state index in [1.54, 1.807) is 7.05 Å². The molecule has 0 heterocycles. The minimum atomic E-state index is -1.64. The van der Waals surface area contributed by atoms with Crippen LogP contribution in [0, 0.1) is 23.4 Å². The number of benzene rings is 1. The van der Waals surface area contributed by atoms with Crippen LogP contribution in [0.25, 0.3) is 0 Å². The summed E-state index contributed by atoms with van der Waals surface area (Å²) in [4.78, 5) is 24.3. The quantitative estimate of drug-likeness (QED) is 0.630. The monoisotopic (exact) mass is 344 g/mol. The number of anilines is 1. The molecule has 2 rings (SSSR count). The second-order valence-electron chi connectivity index (χ2n) is 6.28. The number of nitrogens with one attached hydrogen (secondary N) is 3. The molecule has 1 aromatic rings. The SMILES string of the molecule is C[C@H](NC(=O)C[NH+](C)CC(=O)Nc1ccc(F)c(F)c1F)C1CC1. The van der Waals surface area contributed by atoms with Crippen molar-refractivity contribution < 1.29 is 27.7 Å². The van der Waals surface area contributed by atoms with Crippen molar-refractivity contribution in [2.75, 3.05) is 25.5 Å². The molecule has 1 aliphatic rings. The smallest absolute Gasteiger partial charge is 0.279 e. The molecule has 24 heavy (non-hydrogen) atoms. The van der Waals surface area contributed by atoms with Gasteiger partial charge < -0.3 is 15.5 Å². The highest BCUT2D eigenvalue weighted by Crippen LogP contribution is 2.32. The Morgan fingerprint density at radius 1 is 1.17 bits per heavy atom. The van der Waals surface area contributed by atoms with Crippen LogP contribution >= 0.6 is 0 Å². The summed E-state index contributed by atoms with van der Waals surface area (Å²) in [5, 5.41) is 5.05. The molecule has 1 fully saturated rings. The van der Waals surface area contributed by atoms with Crippen molar-refractivity contribution in [2.24, 2.45) is 5.92 Å². The first-order chi connectivity index (χ1) is 11.3. The summed E-state index contributed by atoms with van der Waals surface area (Å²) in [5.74, 6) is -4.64. The van der Waals surface area contributed by atoms with Crippen molar-refractivity contribution in [2.45, 2.75) is 25.8 Å². The Balaban J connectivity index is 1.81. The fraction of sp³-hybridized carbons (Fsp3) is 0.500. The van der Waals surface area contributed by atoms with Crippen LogP contribution < -0.4 is 15.5 Å². The molecule has 1 saturated carbocycles. The van der Waals surface area contributed by atoms with Gasteiger partial charge in [-0.2, -0.15) is 0 Å². The van der Waals surface area contributed by atoms with Gasteiger partial charge >= 0.3 is 0 Å². The lowest BCUT2D eigenvalue weighted by molar-refractivity contribution is -0.862. The third-order valence-corrected chi connectivity index (χ3v) is 3.95. The molecule has 0 radical (unpaired) electrons. The van der Waals surface area contributed by atoms with Crippen LogP contribution in [0.3, 0.4) is 0 Å². The lowest BCUT2D eigenvalue weighted by Gasteiger charge is -2.16. The summed E-state index contributed by atoms with van der Waals surface area (Å²) in [5.41, 5.74) is -0.432. The normalized spacial score (nSPS) is 16.4. The van der Waals surface area contributed by atoms with E-state index in [4.69, 9.17) is 0 Å². The minimum absolute atomic E-state index is 0.0880. The zero-order valence-corrected chi connectivity index (χ0v) is 13.6. The van der Waals surface area contributed by atoms with E-state index >= 15 is 0 Å². The van der Waals surface area contributed by atoms with Gasteiger partial charge in [-0.1, -0.05) is 0 Å². The Morgan fingerprint density at radius 3 is 2.42 bits per heavy atom. The Labute approximate surface area is 138 Å². The molecule has 132 valence electrons. The van der Waals surface area contributed by atoms with E-state index in [9.17, 15) is 22.8 Å². The molecule has 0 aliphatic heterocycles. The highest BCUT2D eigenvalue weighted by molar-refractivity contribution is 5.91. The predicted molar refractivity (Wildman–Crippen MR) is 81.9 cm³/mol. The number of hydrogen-bond acceptors (Lipinski definition) is 2. The summed E-state index contributed by atoms with van der Waals surface area (Å²) in [6.07, 6.45) is 2.23. The average Bonchev–Trinajstić information content (AvgIpc) is 3.32. The highest BCUT2D eigenvalue weighted by atomic mass is 19.2. The third-order valence-electron chi connectivity index (χ3n) is 3.95. The molecule has 0 bridgehead atoms. The zero-order chi connectivity index (χ0) is 17.9. The number of hydrogen-bond donors (Lipinski definition) is 3. The summed E-state index contributed by atoms with van der Waals surface area (Å²) in [7, 11) is 1.64. The molecule has 1 unspecified atom stereocenters. The van der Waals surface area contributed by atoms with Crippen molar-refractivity contribution in [1.29, 1.82) is 0 Å². The van der Waals surface area contributed by atoms with E-state index in [1.807, 2.05) is 6.92 Å². The first-order valence-corrected chi connectivity index (χ1v) is 7.82. The van der Waals surface area contributed by atoms with Crippen LogP contribution in [0.2, 0.25) is 0 Å². The molecular weight excluding hydrogens is 323 g/mol. The average molecular weight is 344 g/mol. The van der Waals surface area contributed by atoms with Gasteiger partial charge in [-0.25, -0.2) is 13.2 Å². The first kappa shape index (κ1) is 18.3. The molecule has 0 spiro atoms. The molecule has 0 aromatic heterocycles. The lowest BCUT2D eigenvalue weighted by Crippen LogP contribution is -3.11. The van der Waals surface area contributed by atoms with E-state index in [1.165, 1.54) is 0 Å². The predicted octanol–water partition coefficient (Wildman–Crippen LogP) is 0.472. The third kappa shape index (κ3) is 4.95. The van der Waals surface area contributed by atoms with Gasteiger partial charge in [0.2, 0.25) is 0 Å². The van der Waals surface area contributed by atoms with Crippen molar-refractivity contribution in [3.05, 3.63) is 29.6 Å². The van der Waals surface area contributed by atoms with Crippen LogP contribution in [0.15, 0.2) is 12.1 Å². The number of likely N-dealkylation sites (N-methyl/N-ethyl adjacent to an activating group) is 1. The van der Waals surface area contributed by atoms with Crippen LogP contribution in [0.4, 0.5) is 18.9 Å². The van der Waals surface area contributed by atoms with E-state index in [-0.39, 0.29) is 25.0 Å². The maximum Gasteiger partial charge on any atom is 0.279 e. The first-order valence-electron chi connectivity index (χ1n) is 7.82. The van der Waals surface area contributed by atoms with E-state index in [0.717, 1.165) is 25.0 Å². The molecule has 1 aromatic carbocycles. The molecular formula is C16H21F3N3O2+. The van der Waals surface area contributed by atoms with E-state index in [0.29, 0.717) is 10.8 Å². The molecule has 8 heteroatoms. The van der Waals surface area contributed by atoms with Gasteiger partial charge in [0.25, 0.3) is 11.8 Å². The van der Waals surface area contributed by atoms with E-state index < -0.39 is 29.0 Å². The van der Waals surface area contributed by atoms with Crippen molar-refractivity contribution in [3.63, 3.8) is 0 Å². The summed E-state index contributed by atoms with van der Waals surface area (Å²) in [6.45, 7) is 1.93. The highest BCUT2D eigenvalue weighted by Gasteiger charge is 2.29. The molecule has 2 atom stereocenters. The lowest BCUT2D eigenvalue weighted by atomic mass is 10.2. The maximum absolute atomic E-state index is 13.5. The van der Waals surface area contributed by atoms with Crippen molar-refractivity contribution in [1.82, 2.24) is 5.32 Å². The molecule has 5 nitrogen and oxygen atoms in total. The van der Waals surface area contributed by atoms with Crippen LogP contribution in [0.1, 0.15) is 19.8 Å². The molecule has 0 saturated heterocycles. The van der Waals surface area contributed by atoms with Gasteiger partial charge in [0.05, 0.1) is 12.7 Å². The summed E-state index contributed by atoms with van der Waals surface area (Å²) < 4.78 is 39.4. The van der Waals surface area contributed by atoms with Crippen LogP contribution in [-0.4, -0.2) is 38.0 Å². The second kappa shape index (κ2) is 7.65. The minimum Gasteiger partial charge on any atom is -0.348 e. The fourth-order valence-electron chi connectivity index (χ4n) is 2.45. The summed E-state index contributed by atoms with van der Waals surface area (Å²) >= 11 is 0. The Hall–Kier alpha value is -2.09. The summed E-state index contributed by atoms with van der Waals surface area (Å²) in [6, 6.07) is 1.80. The zero-order valence-electron chi connectivity index (χ0n) is 13.6. The fourth-order valence-corrected chi connectivity index (χ4v) is 2.45. The topological polar surface area (TPSA) is 62.6 Å². The number of carbonyl (C=O) groups is 2. The van der Waals surface area contributed by atoms with Gasteiger partial charge in [0, 0.05) is 6.04 Å². The van der Waals surface area contributed by atoms with Crippen molar-refractivity contribution >= 4 is 17.5 Å². The van der Waals surface area contributed by atoms with Crippen molar-refractivity contribution in [3.8, 4) is 0 Å². The van der Waals surface area contributed by atoms with Gasteiger partial charge in [0.15, 0.2) is 30.5 Å². The molecule has 1 aliphatic carbocycles. The van der Waals surface area contributed by atoms with E-state index in [2.05, 4.69) is 10.6 Å². The number of rotatable bonds is 7. The molecule has 2 amide bonds. The largest absolute Gasteiger partial charge is 0.348 e. The van der Waals surface area contributed by atoms with Crippen LogP contribution in [0.5, 0.6) is 0 Å². The van der Waals surface area contributed by atoms with Crippen LogP contribution in [-0.2, 0) is 9.59 Å². The number of halogens is 3. The standard InChI is InChI=1S/C16H20F3N3O2/c1-9(10-3-4-10)20-13(23)7-22(2)8-14(24)21-12-6-5-11(17)15(18)16(12)19/h5-6,9-10H,3-4,7-8H2,1-2H3,(H,20,23)(H,21,24)/p+1/t9-/m0/s1. The Bertz CT molecular complexity index is 635. The number of carbonyl (C=O) groups excluding carboxylic acids is 2. The Morgan fingerprint density at radius 2 is 1.79 bits per heavy atom. The Kier molecular flexibility index (Phi) is 5.82. The van der Waals surface area contributed by atoms with Gasteiger partial charge in [-0.15, -0.1) is 0 Å². The molecule has 3 N–H and O–H groups in total.